The minimum atomic E-state index is -0.444. The third kappa shape index (κ3) is 3.93. The summed E-state index contributed by atoms with van der Waals surface area (Å²) in [5.74, 6) is 0.159. The summed E-state index contributed by atoms with van der Waals surface area (Å²) in [5, 5.41) is 5.27. The number of carbonyl (C=O) groups is 1. The van der Waals surface area contributed by atoms with Crippen molar-refractivity contribution in [3.8, 4) is 5.75 Å². The zero-order chi connectivity index (χ0) is 15.2. The third-order valence-electron chi connectivity index (χ3n) is 2.85. The number of ether oxygens (including phenoxy) is 1. The molecule has 110 valence electrons. The van der Waals surface area contributed by atoms with E-state index in [9.17, 15) is 9.18 Å². The molecule has 0 spiro atoms. The lowest BCUT2D eigenvalue weighted by atomic mass is 10.2. The number of anilines is 2. The number of urea groups is 1. The number of amides is 2. The van der Waals surface area contributed by atoms with Crippen LogP contribution in [0, 0.1) is 5.82 Å². The van der Waals surface area contributed by atoms with Crippen molar-refractivity contribution >= 4 is 17.4 Å². The Bertz CT molecular complexity index is 629. The minimum Gasteiger partial charge on any atom is -0.495 e. The first-order chi connectivity index (χ1) is 10.1. The molecular formula is C15H16FN3O2. The third-order valence-corrected chi connectivity index (χ3v) is 2.85. The minimum absolute atomic E-state index is 0.361. The first-order valence-electron chi connectivity index (χ1n) is 6.33. The Balaban J connectivity index is 2.07. The number of methoxy groups -OCH3 is 1. The van der Waals surface area contributed by atoms with Gasteiger partial charge in [-0.15, -0.1) is 0 Å². The number of nitrogens with two attached hydrogens (primary N) is 1. The number of hydrogen-bond donors (Lipinski definition) is 3. The fraction of sp³-hybridized carbons (Fsp3) is 0.133. The standard InChI is InChI=1S/C15H16FN3O2/c1-21-14-8-10(9-17)2-7-13(14)19-15(20)18-12-5-3-11(16)4-6-12/h2-8H,9,17H2,1H3,(H2,18,19,20). The van der Waals surface area contributed by atoms with Crippen LogP contribution < -0.4 is 21.1 Å². The summed E-state index contributed by atoms with van der Waals surface area (Å²) in [4.78, 5) is 11.9. The molecule has 0 saturated carbocycles. The summed E-state index contributed by atoms with van der Waals surface area (Å²) in [7, 11) is 1.51. The van der Waals surface area contributed by atoms with Crippen LogP contribution in [-0.4, -0.2) is 13.1 Å². The van der Waals surface area contributed by atoms with Gasteiger partial charge in [-0.3, -0.25) is 0 Å². The summed E-state index contributed by atoms with van der Waals surface area (Å²) in [6, 6.07) is 10.3. The van der Waals surface area contributed by atoms with Crippen LogP contribution in [0.15, 0.2) is 42.5 Å². The smallest absolute Gasteiger partial charge is 0.323 e. The molecule has 2 amide bonds. The molecule has 0 saturated heterocycles. The molecule has 0 aliphatic heterocycles. The van der Waals surface area contributed by atoms with Gasteiger partial charge in [0.1, 0.15) is 11.6 Å². The van der Waals surface area contributed by atoms with Crippen molar-refractivity contribution in [3.05, 3.63) is 53.8 Å². The molecule has 5 nitrogen and oxygen atoms in total. The van der Waals surface area contributed by atoms with Gasteiger partial charge in [0.05, 0.1) is 12.8 Å². The van der Waals surface area contributed by atoms with Crippen molar-refractivity contribution in [2.75, 3.05) is 17.7 Å². The monoisotopic (exact) mass is 289 g/mol. The van der Waals surface area contributed by atoms with Crippen molar-refractivity contribution in [1.82, 2.24) is 0 Å². The SMILES string of the molecule is COc1cc(CN)ccc1NC(=O)Nc1ccc(F)cc1. The first-order valence-corrected chi connectivity index (χ1v) is 6.33. The highest BCUT2D eigenvalue weighted by Crippen LogP contribution is 2.25. The van der Waals surface area contributed by atoms with Crippen LogP contribution in [0.4, 0.5) is 20.6 Å². The maximum atomic E-state index is 12.8. The Hall–Kier alpha value is -2.60. The molecule has 2 rings (SSSR count). The van der Waals surface area contributed by atoms with Gasteiger partial charge in [0.15, 0.2) is 0 Å². The van der Waals surface area contributed by atoms with Crippen LogP contribution in [0.2, 0.25) is 0 Å². The molecule has 4 N–H and O–H groups in total. The van der Waals surface area contributed by atoms with E-state index in [4.69, 9.17) is 10.5 Å². The molecule has 0 bridgehead atoms. The van der Waals surface area contributed by atoms with Crippen LogP contribution in [0.1, 0.15) is 5.56 Å². The van der Waals surface area contributed by atoms with E-state index in [0.29, 0.717) is 23.7 Å². The van der Waals surface area contributed by atoms with Crippen molar-refractivity contribution in [1.29, 1.82) is 0 Å². The second-order valence-corrected chi connectivity index (χ2v) is 4.32. The molecule has 0 aliphatic rings. The average Bonchev–Trinajstić information content (AvgIpc) is 2.50. The van der Waals surface area contributed by atoms with Gasteiger partial charge < -0.3 is 21.1 Å². The van der Waals surface area contributed by atoms with Crippen LogP contribution in [0.25, 0.3) is 0 Å². The number of rotatable bonds is 4. The predicted molar refractivity (Wildman–Crippen MR) is 79.9 cm³/mol. The summed E-state index contributed by atoms with van der Waals surface area (Å²) in [6.07, 6.45) is 0. The van der Waals surface area contributed by atoms with E-state index >= 15 is 0 Å². The molecule has 2 aromatic carbocycles. The van der Waals surface area contributed by atoms with Crippen molar-refractivity contribution in [2.45, 2.75) is 6.54 Å². The number of halogens is 1. The predicted octanol–water partition coefficient (Wildman–Crippen LogP) is 2.94. The fourth-order valence-corrected chi connectivity index (χ4v) is 1.78. The van der Waals surface area contributed by atoms with Crippen LogP contribution in [0.5, 0.6) is 5.75 Å². The molecule has 0 fully saturated rings. The maximum Gasteiger partial charge on any atom is 0.323 e. The van der Waals surface area contributed by atoms with Crippen LogP contribution >= 0.6 is 0 Å². The molecule has 0 radical (unpaired) electrons. The molecule has 2 aromatic rings. The summed E-state index contributed by atoms with van der Waals surface area (Å²) in [6.45, 7) is 0.387. The largest absolute Gasteiger partial charge is 0.495 e. The summed E-state index contributed by atoms with van der Waals surface area (Å²) in [5.41, 5.74) is 7.47. The second kappa shape index (κ2) is 6.71. The number of carbonyl (C=O) groups excluding carboxylic acids is 1. The van der Waals surface area contributed by atoms with Gasteiger partial charge in [0.25, 0.3) is 0 Å². The van der Waals surface area contributed by atoms with Crippen LogP contribution in [0.3, 0.4) is 0 Å². The number of nitrogens with one attached hydrogen (secondary N) is 2. The molecule has 0 atom stereocenters. The topological polar surface area (TPSA) is 76.4 Å². The normalized spacial score (nSPS) is 10.0. The molecule has 6 heteroatoms. The van der Waals surface area contributed by atoms with Gasteiger partial charge >= 0.3 is 6.03 Å². The number of benzene rings is 2. The molecule has 21 heavy (non-hydrogen) atoms. The Morgan fingerprint density at radius 1 is 1.19 bits per heavy atom. The highest BCUT2D eigenvalue weighted by atomic mass is 19.1. The molecular weight excluding hydrogens is 273 g/mol. The van der Waals surface area contributed by atoms with E-state index < -0.39 is 6.03 Å². The van der Waals surface area contributed by atoms with E-state index in [0.717, 1.165) is 5.56 Å². The molecule has 0 unspecified atom stereocenters. The van der Waals surface area contributed by atoms with Gasteiger partial charge in [-0.25, -0.2) is 9.18 Å². The lowest BCUT2D eigenvalue weighted by molar-refractivity contribution is 0.262. The van der Waals surface area contributed by atoms with Gasteiger partial charge in [0.2, 0.25) is 0 Å². The maximum absolute atomic E-state index is 12.8. The lowest BCUT2D eigenvalue weighted by Gasteiger charge is -2.12. The first kappa shape index (κ1) is 14.8. The summed E-state index contributed by atoms with van der Waals surface area (Å²) < 4.78 is 18.0. The van der Waals surface area contributed by atoms with E-state index in [-0.39, 0.29) is 5.82 Å². The van der Waals surface area contributed by atoms with Crippen molar-refractivity contribution in [3.63, 3.8) is 0 Å². The molecule has 0 aliphatic carbocycles. The van der Waals surface area contributed by atoms with E-state index in [1.807, 2.05) is 0 Å². The lowest BCUT2D eigenvalue weighted by Crippen LogP contribution is -2.19. The zero-order valence-electron chi connectivity index (χ0n) is 11.5. The summed E-state index contributed by atoms with van der Waals surface area (Å²) >= 11 is 0. The Morgan fingerprint density at radius 3 is 2.52 bits per heavy atom. The van der Waals surface area contributed by atoms with E-state index in [1.165, 1.54) is 31.4 Å². The van der Waals surface area contributed by atoms with Gasteiger partial charge in [0, 0.05) is 12.2 Å². The highest BCUT2D eigenvalue weighted by molar-refractivity contribution is 6.00. The fourth-order valence-electron chi connectivity index (χ4n) is 1.78. The van der Waals surface area contributed by atoms with Crippen molar-refractivity contribution < 1.29 is 13.9 Å². The Morgan fingerprint density at radius 2 is 1.90 bits per heavy atom. The highest BCUT2D eigenvalue weighted by Gasteiger charge is 2.08. The molecule has 0 aromatic heterocycles. The van der Waals surface area contributed by atoms with Gasteiger partial charge in [-0.1, -0.05) is 6.07 Å². The molecule has 0 heterocycles. The van der Waals surface area contributed by atoms with Gasteiger partial charge in [-0.05, 0) is 42.0 Å². The zero-order valence-corrected chi connectivity index (χ0v) is 11.5. The van der Waals surface area contributed by atoms with Crippen LogP contribution in [-0.2, 0) is 6.54 Å². The number of hydrogen-bond acceptors (Lipinski definition) is 3. The Labute approximate surface area is 121 Å². The van der Waals surface area contributed by atoms with Gasteiger partial charge in [-0.2, -0.15) is 0 Å². The quantitative estimate of drug-likeness (QED) is 0.810. The second-order valence-electron chi connectivity index (χ2n) is 4.32. The van der Waals surface area contributed by atoms with E-state index in [2.05, 4.69) is 10.6 Å². The average molecular weight is 289 g/mol. The Kier molecular flexibility index (Phi) is 4.73. The van der Waals surface area contributed by atoms with E-state index in [1.54, 1.807) is 18.2 Å². The van der Waals surface area contributed by atoms with Crippen molar-refractivity contribution in [2.24, 2.45) is 5.73 Å².